The summed E-state index contributed by atoms with van der Waals surface area (Å²) >= 11 is 0. The first-order chi connectivity index (χ1) is 20.6. The quantitative estimate of drug-likeness (QED) is 0.159. The molecule has 0 saturated carbocycles. The number of rotatable bonds is 16. The van der Waals surface area contributed by atoms with Crippen molar-refractivity contribution < 1.29 is 28.5 Å². The fraction of sp³-hybridized carbons (Fsp3) is 0.444. The van der Waals surface area contributed by atoms with Gasteiger partial charge in [-0.05, 0) is 57.2 Å². The van der Waals surface area contributed by atoms with Crippen LogP contribution in [0.4, 0.5) is 4.79 Å². The third-order valence-electron chi connectivity index (χ3n) is 7.12. The van der Waals surface area contributed by atoms with E-state index in [4.69, 9.17) is 18.9 Å². The maximum absolute atomic E-state index is 13.6. The molecule has 43 heavy (non-hydrogen) atoms. The van der Waals surface area contributed by atoms with E-state index >= 15 is 0 Å². The summed E-state index contributed by atoms with van der Waals surface area (Å²) in [5.74, 6) is -0.244. The van der Waals surface area contributed by atoms with Crippen molar-refractivity contribution in [2.24, 2.45) is 0 Å². The molecule has 0 bridgehead atoms. The van der Waals surface area contributed by atoms with Crippen LogP contribution in [-0.2, 0) is 43.5 Å². The van der Waals surface area contributed by atoms with Crippen LogP contribution in [0.5, 0.6) is 0 Å². The number of carbonyl (C=O) groups excluding carboxylic acids is 2. The molecule has 0 fully saturated rings. The van der Waals surface area contributed by atoms with Crippen molar-refractivity contribution in [3.63, 3.8) is 0 Å². The molecule has 0 aliphatic rings. The van der Waals surface area contributed by atoms with Gasteiger partial charge in [-0.15, -0.1) is 0 Å². The molecule has 0 aliphatic carbocycles. The fourth-order valence-electron chi connectivity index (χ4n) is 4.75. The van der Waals surface area contributed by atoms with Crippen molar-refractivity contribution in [2.75, 3.05) is 7.11 Å². The molecule has 0 spiro atoms. The largest absolute Gasteiger partial charge is 0.469 e. The van der Waals surface area contributed by atoms with E-state index in [2.05, 4.69) is 0 Å². The van der Waals surface area contributed by atoms with Crippen LogP contribution in [0.3, 0.4) is 0 Å². The molecule has 0 unspecified atom stereocenters. The number of ether oxygens (including phenoxy) is 4. The Balaban J connectivity index is 1.87. The fourth-order valence-corrected chi connectivity index (χ4v) is 4.75. The van der Waals surface area contributed by atoms with Crippen molar-refractivity contribution in [1.82, 2.24) is 4.90 Å². The zero-order valence-electron chi connectivity index (χ0n) is 26.2. The number of methoxy groups -OCH3 is 1. The van der Waals surface area contributed by atoms with Crippen molar-refractivity contribution in [3.8, 4) is 0 Å². The Labute approximate surface area is 257 Å². The predicted octanol–water partition coefficient (Wildman–Crippen LogP) is 7.72. The normalized spacial score (nSPS) is 13.5. The number of benzene rings is 3. The molecule has 0 saturated heterocycles. The minimum atomic E-state index is -0.651. The van der Waals surface area contributed by atoms with Gasteiger partial charge in [-0.3, -0.25) is 9.69 Å². The minimum absolute atomic E-state index is 0.217. The van der Waals surface area contributed by atoms with Crippen LogP contribution in [0.25, 0.3) is 0 Å². The van der Waals surface area contributed by atoms with Gasteiger partial charge in [-0.2, -0.15) is 0 Å². The first kappa shape index (κ1) is 33.8. The van der Waals surface area contributed by atoms with E-state index < -0.39 is 11.7 Å². The Morgan fingerprint density at radius 1 is 0.767 bits per heavy atom. The van der Waals surface area contributed by atoms with E-state index in [0.29, 0.717) is 45.4 Å². The number of carbonyl (C=O) groups is 2. The maximum Gasteiger partial charge on any atom is 0.410 e. The van der Waals surface area contributed by atoms with Gasteiger partial charge >= 0.3 is 12.1 Å². The molecule has 7 nitrogen and oxygen atoms in total. The van der Waals surface area contributed by atoms with Gasteiger partial charge in [0.25, 0.3) is 0 Å². The SMILES string of the molecule is COC(=O)CCC[C@H](C[C@H](OCc1ccccc1)[C@H](C)N(Cc1ccccc1)C(=O)OC(C)(C)C)OCc1ccccc1. The van der Waals surface area contributed by atoms with E-state index in [1.165, 1.54) is 7.11 Å². The van der Waals surface area contributed by atoms with Gasteiger partial charge in [0.15, 0.2) is 0 Å². The zero-order valence-corrected chi connectivity index (χ0v) is 26.2. The summed E-state index contributed by atoms with van der Waals surface area (Å²) in [6, 6.07) is 29.5. The second kappa shape index (κ2) is 17.4. The lowest BCUT2D eigenvalue weighted by atomic mass is 9.99. The van der Waals surface area contributed by atoms with Crippen LogP contribution >= 0.6 is 0 Å². The van der Waals surface area contributed by atoms with E-state index in [1.54, 1.807) is 4.90 Å². The number of amides is 1. The van der Waals surface area contributed by atoms with Crippen LogP contribution in [-0.4, -0.2) is 47.9 Å². The number of esters is 1. The van der Waals surface area contributed by atoms with Gasteiger partial charge in [0, 0.05) is 19.4 Å². The number of nitrogens with zero attached hydrogens (tertiary/aromatic N) is 1. The Morgan fingerprint density at radius 3 is 1.79 bits per heavy atom. The summed E-state index contributed by atoms with van der Waals surface area (Å²) in [6.07, 6.45) is 1.10. The van der Waals surface area contributed by atoms with Crippen LogP contribution in [0.2, 0.25) is 0 Å². The lowest BCUT2D eigenvalue weighted by molar-refractivity contribution is -0.140. The van der Waals surface area contributed by atoms with Crippen LogP contribution < -0.4 is 0 Å². The molecular weight excluding hydrogens is 542 g/mol. The van der Waals surface area contributed by atoms with Gasteiger partial charge in [0.05, 0.1) is 38.6 Å². The Morgan fingerprint density at radius 2 is 1.28 bits per heavy atom. The highest BCUT2D eigenvalue weighted by Crippen LogP contribution is 2.24. The van der Waals surface area contributed by atoms with Crippen molar-refractivity contribution in [1.29, 1.82) is 0 Å². The highest BCUT2D eigenvalue weighted by Gasteiger charge is 2.33. The van der Waals surface area contributed by atoms with E-state index in [0.717, 1.165) is 16.7 Å². The summed E-state index contributed by atoms with van der Waals surface area (Å²) in [7, 11) is 1.40. The molecule has 1 amide bonds. The second-order valence-electron chi connectivity index (χ2n) is 11.8. The zero-order chi connectivity index (χ0) is 31.1. The predicted molar refractivity (Wildman–Crippen MR) is 168 cm³/mol. The number of hydrogen-bond donors (Lipinski definition) is 0. The van der Waals surface area contributed by atoms with Gasteiger partial charge in [0.1, 0.15) is 5.60 Å². The third-order valence-corrected chi connectivity index (χ3v) is 7.12. The van der Waals surface area contributed by atoms with E-state index in [-0.39, 0.29) is 24.2 Å². The highest BCUT2D eigenvalue weighted by atomic mass is 16.6. The molecule has 3 atom stereocenters. The van der Waals surface area contributed by atoms with Gasteiger partial charge in [-0.25, -0.2) is 4.79 Å². The Bertz CT molecular complexity index is 1210. The molecule has 3 aromatic carbocycles. The van der Waals surface area contributed by atoms with E-state index in [1.807, 2.05) is 119 Å². The molecular formula is C36H47NO6. The van der Waals surface area contributed by atoms with Crippen LogP contribution in [0, 0.1) is 0 Å². The van der Waals surface area contributed by atoms with Gasteiger partial charge in [-0.1, -0.05) is 91.0 Å². The van der Waals surface area contributed by atoms with Gasteiger partial charge in [0.2, 0.25) is 0 Å². The molecule has 3 aromatic rings. The maximum atomic E-state index is 13.6. The second-order valence-corrected chi connectivity index (χ2v) is 11.8. The standard InChI is InChI=1S/C36H47NO6/c1-28(37(35(39)43-36(2,3)4)25-29-16-9-6-10-17-29)33(42-27-31-20-13-8-14-21-31)24-32(22-15-23-34(38)40-5)41-26-30-18-11-7-12-19-30/h6-14,16-21,28,32-33H,15,22-27H2,1-5H3/t28-,32+,33-/m0/s1. The average molecular weight is 590 g/mol. The minimum Gasteiger partial charge on any atom is -0.469 e. The Kier molecular flexibility index (Phi) is 13.7. The smallest absolute Gasteiger partial charge is 0.410 e. The van der Waals surface area contributed by atoms with Crippen molar-refractivity contribution >= 4 is 12.1 Å². The number of hydrogen-bond acceptors (Lipinski definition) is 6. The molecule has 0 N–H and O–H groups in total. The van der Waals surface area contributed by atoms with Crippen molar-refractivity contribution in [2.45, 2.75) is 97.0 Å². The van der Waals surface area contributed by atoms with Gasteiger partial charge < -0.3 is 18.9 Å². The molecule has 0 heterocycles. The molecule has 0 aliphatic heterocycles. The van der Waals surface area contributed by atoms with Crippen LogP contribution in [0.15, 0.2) is 91.0 Å². The summed E-state index contributed by atoms with van der Waals surface area (Å²) in [4.78, 5) is 27.2. The molecule has 0 radical (unpaired) electrons. The van der Waals surface area contributed by atoms with E-state index in [9.17, 15) is 9.59 Å². The lowest BCUT2D eigenvalue weighted by Gasteiger charge is -2.37. The molecule has 232 valence electrons. The van der Waals surface area contributed by atoms with Crippen molar-refractivity contribution in [3.05, 3.63) is 108 Å². The topological polar surface area (TPSA) is 74.3 Å². The van der Waals surface area contributed by atoms with Crippen LogP contribution in [0.1, 0.15) is 70.1 Å². The molecule has 7 heteroatoms. The first-order valence-electron chi connectivity index (χ1n) is 15.1. The third kappa shape index (κ3) is 12.6. The summed E-state index contributed by atoms with van der Waals surface area (Å²) in [5.41, 5.74) is 2.45. The summed E-state index contributed by atoms with van der Waals surface area (Å²) in [6.45, 7) is 8.81. The lowest BCUT2D eigenvalue weighted by Crippen LogP contribution is -2.48. The monoisotopic (exact) mass is 589 g/mol. The Hall–Kier alpha value is -3.68. The average Bonchev–Trinajstić information content (AvgIpc) is 3.00. The molecule has 3 rings (SSSR count). The summed E-state index contributed by atoms with van der Waals surface area (Å²) < 4.78 is 23.8. The summed E-state index contributed by atoms with van der Waals surface area (Å²) in [5, 5.41) is 0. The molecule has 0 aromatic heterocycles. The first-order valence-corrected chi connectivity index (χ1v) is 15.1. The highest BCUT2D eigenvalue weighted by molar-refractivity contribution is 5.69.